The molecule has 2 aromatic heterocycles. The molecule has 12 nitrogen and oxygen atoms in total. The zero-order valence-electron chi connectivity index (χ0n) is 22.2. The molecule has 0 aliphatic heterocycles. The molecule has 5 aromatic rings. The first-order valence-corrected chi connectivity index (χ1v) is 13.4. The number of aryl methyl sites for hydroxylation is 1. The third kappa shape index (κ3) is 6.21. The molecule has 0 unspecified atom stereocenters. The topological polar surface area (TPSA) is 171 Å². The average molecular weight is 611 g/mol. The van der Waals surface area contributed by atoms with Crippen LogP contribution in [0.3, 0.4) is 0 Å². The number of non-ortho nitro benzene ring substituents is 2. The molecule has 5 rings (SSSR count). The normalized spacial score (nSPS) is 10.8. The summed E-state index contributed by atoms with van der Waals surface area (Å²) in [6, 6.07) is 18.1. The number of rotatable bonds is 8. The minimum Gasteiger partial charge on any atom is -0.480 e. The number of halogens is 1. The Balaban J connectivity index is 0.000000208. The zero-order valence-corrected chi connectivity index (χ0v) is 23.8. The summed E-state index contributed by atoms with van der Waals surface area (Å²) in [7, 11) is 0. The van der Waals surface area contributed by atoms with Crippen LogP contribution in [0.2, 0.25) is 5.02 Å². The van der Waals surface area contributed by atoms with Crippen LogP contribution in [0, 0.1) is 34.1 Å². The van der Waals surface area contributed by atoms with Crippen LogP contribution in [0.15, 0.2) is 76.5 Å². The highest BCUT2D eigenvalue weighted by molar-refractivity contribution is 7.99. The van der Waals surface area contributed by atoms with Gasteiger partial charge < -0.3 is 19.3 Å². The molecule has 0 atom stereocenters. The van der Waals surface area contributed by atoms with Crippen molar-refractivity contribution in [3.8, 4) is 0 Å². The van der Waals surface area contributed by atoms with Gasteiger partial charge in [0.2, 0.25) is 0 Å². The number of carboxylic acids is 2. The molecule has 0 fully saturated rings. The quantitative estimate of drug-likeness (QED) is 0.143. The average Bonchev–Trinajstić information content (AvgIpc) is 3.38. The number of nitrogens with zero attached hydrogens (tertiary/aromatic N) is 4. The van der Waals surface area contributed by atoms with E-state index in [4.69, 9.17) is 16.7 Å². The van der Waals surface area contributed by atoms with Crippen molar-refractivity contribution in [2.24, 2.45) is 0 Å². The maximum atomic E-state index is 11.5. The molecule has 0 saturated carbocycles. The fourth-order valence-corrected chi connectivity index (χ4v) is 5.82. The highest BCUT2D eigenvalue weighted by Gasteiger charge is 2.24. The lowest BCUT2D eigenvalue weighted by molar-refractivity contribution is -0.383. The summed E-state index contributed by atoms with van der Waals surface area (Å²) in [5.74, 6) is -1.98. The number of carbonyl (C=O) groups is 2. The molecular formula is C28H23ClN4O8S. The summed E-state index contributed by atoms with van der Waals surface area (Å²) in [5, 5.41) is 41.8. The molecule has 2 heterocycles. The van der Waals surface area contributed by atoms with Gasteiger partial charge in [0.05, 0.1) is 31.7 Å². The molecule has 216 valence electrons. The second kappa shape index (κ2) is 12.3. The monoisotopic (exact) mass is 610 g/mol. The van der Waals surface area contributed by atoms with Crippen LogP contribution in [0.25, 0.3) is 21.8 Å². The van der Waals surface area contributed by atoms with Crippen molar-refractivity contribution < 1.29 is 29.6 Å². The van der Waals surface area contributed by atoms with E-state index in [0.29, 0.717) is 43.1 Å². The molecule has 0 aliphatic rings. The smallest absolute Gasteiger partial charge is 0.323 e. The van der Waals surface area contributed by atoms with Gasteiger partial charge in [-0.15, -0.1) is 0 Å². The first-order chi connectivity index (χ1) is 19.9. The third-order valence-corrected chi connectivity index (χ3v) is 7.88. The lowest BCUT2D eigenvalue weighted by atomic mass is 10.2. The second-order valence-corrected chi connectivity index (χ2v) is 10.6. The van der Waals surface area contributed by atoms with Gasteiger partial charge in [-0.05, 0) is 56.3 Å². The predicted molar refractivity (Wildman–Crippen MR) is 158 cm³/mol. The van der Waals surface area contributed by atoms with E-state index >= 15 is 0 Å². The SMILES string of the molecule is Cc1c(Sc2ccc(Cl)cc2)c2c([N+](=O)[O-])cccc2n1CC(=O)O.Cc1cc2c([N+](=O)[O-])cccc2n1CC(=O)O. The van der Waals surface area contributed by atoms with Crippen molar-refractivity contribution in [3.63, 3.8) is 0 Å². The second-order valence-electron chi connectivity index (χ2n) is 9.11. The van der Waals surface area contributed by atoms with Crippen LogP contribution >= 0.6 is 23.4 Å². The van der Waals surface area contributed by atoms with E-state index in [2.05, 4.69) is 0 Å². The van der Waals surface area contributed by atoms with Crippen molar-refractivity contribution in [2.45, 2.75) is 36.7 Å². The van der Waals surface area contributed by atoms with E-state index in [1.807, 2.05) is 12.1 Å². The highest BCUT2D eigenvalue weighted by atomic mass is 35.5. The Morgan fingerprint density at radius 1 is 0.833 bits per heavy atom. The van der Waals surface area contributed by atoms with Gasteiger partial charge >= 0.3 is 11.9 Å². The number of fused-ring (bicyclic) bond motifs is 2. The summed E-state index contributed by atoms with van der Waals surface area (Å²) in [6.45, 7) is 3.04. The number of nitro benzene ring substituents is 2. The number of nitro groups is 2. The summed E-state index contributed by atoms with van der Waals surface area (Å²) in [5.41, 5.74) is 2.42. The number of hydrogen-bond donors (Lipinski definition) is 2. The number of aromatic nitrogens is 2. The molecule has 3 aromatic carbocycles. The van der Waals surface area contributed by atoms with Crippen molar-refractivity contribution in [3.05, 3.63) is 103 Å². The first kappa shape index (κ1) is 30.1. The number of hydrogen-bond acceptors (Lipinski definition) is 7. The molecule has 0 saturated heterocycles. The van der Waals surface area contributed by atoms with E-state index in [-0.39, 0.29) is 24.5 Å². The molecule has 14 heteroatoms. The van der Waals surface area contributed by atoms with Gasteiger partial charge in [-0.2, -0.15) is 0 Å². The molecule has 0 spiro atoms. The van der Waals surface area contributed by atoms with Crippen LogP contribution < -0.4 is 0 Å². The van der Waals surface area contributed by atoms with Gasteiger partial charge in [0.15, 0.2) is 0 Å². The Labute approximate surface area is 247 Å². The first-order valence-electron chi connectivity index (χ1n) is 12.3. The van der Waals surface area contributed by atoms with Gasteiger partial charge in [-0.3, -0.25) is 29.8 Å². The van der Waals surface area contributed by atoms with E-state index in [1.54, 1.807) is 65.4 Å². The van der Waals surface area contributed by atoms with E-state index in [1.165, 1.54) is 23.9 Å². The third-order valence-electron chi connectivity index (χ3n) is 6.42. The van der Waals surface area contributed by atoms with Crippen LogP contribution in [-0.4, -0.2) is 41.1 Å². The Morgan fingerprint density at radius 2 is 1.38 bits per heavy atom. The summed E-state index contributed by atoms with van der Waals surface area (Å²) < 4.78 is 3.13. The van der Waals surface area contributed by atoms with Gasteiger partial charge in [0, 0.05) is 38.3 Å². The number of benzene rings is 3. The highest BCUT2D eigenvalue weighted by Crippen LogP contribution is 2.42. The molecule has 0 bridgehead atoms. The molecule has 0 amide bonds. The van der Waals surface area contributed by atoms with Crippen molar-refractivity contribution >= 4 is 68.5 Å². The fraction of sp³-hybridized carbons (Fsp3) is 0.143. The standard InChI is InChI=1S/C17H13ClN2O4S.C11H10N2O4/c1-10-17(25-12-7-5-11(18)6-8-12)16-13(19(10)9-15(21)22)3-2-4-14(16)20(23)24;1-7-5-8-9(12(7)6-11(14)15)3-2-4-10(8)13(16)17/h2-8H,9H2,1H3,(H,21,22);2-5H,6H2,1H3,(H,14,15). The van der Waals surface area contributed by atoms with E-state index < -0.39 is 21.8 Å². The Kier molecular flexibility index (Phi) is 8.83. The van der Waals surface area contributed by atoms with Crippen LogP contribution in [0.4, 0.5) is 11.4 Å². The number of carboxylic acid groups (broad SMARTS) is 2. The number of aliphatic carboxylic acids is 2. The fourth-order valence-electron chi connectivity index (χ4n) is 4.61. The van der Waals surface area contributed by atoms with E-state index in [9.17, 15) is 34.9 Å². The Bertz CT molecular complexity index is 1860. The molecule has 42 heavy (non-hydrogen) atoms. The minimum absolute atomic E-state index is 0.00487. The molecule has 2 N–H and O–H groups in total. The molecule has 0 aliphatic carbocycles. The summed E-state index contributed by atoms with van der Waals surface area (Å²) in [6.07, 6.45) is 0. The summed E-state index contributed by atoms with van der Waals surface area (Å²) in [4.78, 5) is 44.9. The summed E-state index contributed by atoms with van der Waals surface area (Å²) >= 11 is 7.26. The van der Waals surface area contributed by atoms with Crippen molar-refractivity contribution in [2.75, 3.05) is 0 Å². The molecule has 0 radical (unpaired) electrons. The van der Waals surface area contributed by atoms with Gasteiger partial charge in [-0.25, -0.2) is 0 Å². The van der Waals surface area contributed by atoms with Crippen LogP contribution in [0.5, 0.6) is 0 Å². The maximum absolute atomic E-state index is 11.5. The van der Waals surface area contributed by atoms with Gasteiger partial charge in [0.25, 0.3) is 11.4 Å². The zero-order chi connectivity index (χ0) is 30.7. The lowest BCUT2D eigenvalue weighted by Gasteiger charge is -2.05. The Morgan fingerprint density at radius 3 is 1.95 bits per heavy atom. The maximum Gasteiger partial charge on any atom is 0.323 e. The van der Waals surface area contributed by atoms with Gasteiger partial charge in [-0.1, -0.05) is 35.5 Å². The lowest BCUT2D eigenvalue weighted by Crippen LogP contribution is -2.09. The Hall–Kier alpha value is -4.88. The van der Waals surface area contributed by atoms with Gasteiger partial charge in [0.1, 0.15) is 13.1 Å². The van der Waals surface area contributed by atoms with Crippen LogP contribution in [0.1, 0.15) is 11.4 Å². The van der Waals surface area contributed by atoms with Crippen LogP contribution in [-0.2, 0) is 22.7 Å². The van der Waals surface area contributed by atoms with E-state index in [0.717, 1.165) is 4.90 Å². The largest absolute Gasteiger partial charge is 0.480 e. The minimum atomic E-state index is -1.01. The van der Waals surface area contributed by atoms with Crippen molar-refractivity contribution in [1.29, 1.82) is 0 Å². The predicted octanol–water partition coefficient (Wildman–Crippen LogP) is 6.69. The van der Waals surface area contributed by atoms with Crippen molar-refractivity contribution in [1.82, 2.24) is 9.13 Å². The molecular weight excluding hydrogens is 588 g/mol.